The summed E-state index contributed by atoms with van der Waals surface area (Å²) in [4.78, 5) is 28.8. The summed E-state index contributed by atoms with van der Waals surface area (Å²) in [5.74, 6) is -0.00958. The molecule has 1 aliphatic carbocycles. The number of fused-ring (bicyclic) bond motifs is 2. The maximum atomic E-state index is 13.5. The summed E-state index contributed by atoms with van der Waals surface area (Å²) in [6.45, 7) is 11.8. The molecule has 27 heavy (non-hydrogen) atoms. The Morgan fingerprint density at radius 1 is 1.00 bits per heavy atom. The topological polar surface area (TPSA) is 49.4 Å². The minimum atomic E-state index is -0.548. The average molecular weight is 371 g/mol. The van der Waals surface area contributed by atoms with E-state index in [2.05, 4.69) is 11.4 Å². The second-order valence-corrected chi connectivity index (χ2v) is 10.3. The van der Waals surface area contributed by atoms with Crippen LogP contribution in [-0.4, -0.2) is 23.4 Å². The van der Waals surface area contributed by atoms with Gasteiger partial charge in [0.1, 0.15) is 6.04 Å². The lowest BCUT2D eigenvalue weighted by molar-refractivity contribution is -0.132. The van der Waals surface area contributed by atoms with Crippen molar-refractivity contribution in [2.45, 2.75) is 90.6 Å². The third-order valence-electron chi connectivity index (χ3n) is 5.83. The molecule has 1 aromatic rings. The Labute approximate surface area is 163 Å². The van der Waals surface area contributed by atoms with Gasteiger partial charge >= 0.3 is 0 Å². The van der Waals surface area contributed by atoms with Gasteiger partial charge in [0.25, 0.3) is 0 Å². The van der Waals surface area contributed by atoms with Crippen LogP contribution < -0.4 is 10.2 Å². The maximum absolute atomic E-state index is 13.5. The third-order valence-corrected chi connectivity index (χ3v) is 5.83. The van der Waals surface area contributed by atoms with Crippen molar-refractivity contribution in [1.29, 1.82) is 0 Å². The first-order valence-electron chi connectivity index (χ1n) is 10.2. The van der Waals surface area contributed by atoms with Crippen molar-refractivity contribution in [2.75, 3.05) is 4.90 Å². The lowest BCUT2D eigenvalue weighted by atomic mass is 9.66. The number of carbonyl (C=O) groups excluding carboxylic acids is 2. The van der Waals surface area contributed by atoms with Crippen LogP contribution in [0, 0.1) is 5.41 Å². The van der Waals surface area contributed by atoms with Crippen LogP contribution in [0.15, 0.2) is 24.3 Å². The Morgan fingerprint density at radius 2 is 1.59 bits per heavy atom. The average Bonchev–Trinajstić information content (AvgIpc) is 2.83. The van der Waals surface area contributed by atoms with Gasteiger partial charge in [0.15, 0.2) is 0 Å². The zero-order valence-corrected chi connectivity index (χ0v) is 17.7. The zero-order chi connectivity index (χ0) is 20.0. The van der Waals surface area contributed by atoms with Gasteiger partial charge in [0, 0.05) is 22.1 Å². The van der Waals surface area contributed by atoms with Gasteiger partial charge in [-0.15, -0.1) is 0 Å². The first-order chi connectivity index (χ1) is 12.5. The number of anilines is 1. The molecule has 3 rings (SSSR count). The van der Waals surface area contributed by atoms with Crippen LogP contribution in [0.25, 0.3) is 0 Å². The Balaban J connectivity index is 2.17. The standard InChI is InChI=1S/C23H34N2O2/c1-21(2,3)20(27)25-17-13-9-8-12-16(17)23(14-10-7-11-15-23)18(25)19(26)24-22(4,5)6/h8-9,12-13,18H,7,10-11,14-15H2,1-6H3,(H,24,26). The molecule has 148 valence electrons. The van der Waals surface area contributed by atoms with Crippen molar-refractivity contribution < 1.29 is 9.59 Å². The predicted molar refractivity (Wildman–Crippen MR) is 110 cm³/mol. The van der Waals surface area contributed by atoms with Crippen molar-refractivity contribution in [3.05, 3.63) is 29.8 Å². The van der Waals surface area contributed by atoms with Crippen molar-refractivity contribution in [2.24, 2.45) is 5.41 Å². The van der Waals surface area contributed by atoms with Crippen molar-refractivity contribution in [3.63, 3.8) is 0 Å². The van der Waals surface area contributed by atoms with Crippen molar-refractivity contribution in [1.82, 2.24) is 5.32 Å². The number of amides is 2. The Kier molecular flexibility index (Phi) is 4.90. The molecule has 0 bridgehead atoms. The van der Waals surface area contributed by atoms with Gasteiger partial charge in [0.2, 0.25) is 11.8 Å². The molecule has 1 atom stereocenters. The van der Waals surface area contributed by atoms with E-state index < -0.39 is 11.5 Å². The molecule has 1 aromatic carbocycles. The fraction of sp³-hybridized carbons (Fsp3) is 0.652. The summed E-state index contributed by atoms with van der Waals surface area (Å²) < 4.78 is 0. The molecule has 0 saturated heterocycles. The lowest BCUT2D eigenvalue weighted by Crippen LogP contribution is -2.60. The number of carbonyl (C=O) groups is 2. The Morgan fingerprint density at radius 3 is 2.15 bits per heavy atom. The van der Waals surface area contributed by atoms with E-state index in [-0.39, 0.29) is 22.8 Å². The second-order valence-electron chi connectivity index (χ2n) is 10.3. The van der Waals surface area contributed by atoms with Gasteiger partial charge in [-0.2, -0.15) is 0 Å². The number of para-hydroxylation sites is 1. The molecule has 0 aromatic heterocycles. The van der Waals surface area contributed by atoms with Gasteiger partial charge in [-0.05, 0) is 45.2 Å². The lowest BCUT2D eigenvalue weighted by Gasteiger charge is -2.42. The highest BCUT2D eigenvalue weighted by atomic mass is 16.2. The van der Waals surface area contributed by atoms with Crippen LogP contribution in [0.4, 0.5) is 5.69 Å². The maximum Gasteiger partial charge on any atom is 0.244 e. The predicted octanol–water partition coefficient (Wildman–Crippen LogP) is 4.56. The highest BCUT2D eigenvalue weighted by Crippen LogP contribution is 2.54. The number of nitrogens with one attached hydrogen (secondary N) is 1. The van der Waals surface area contributed by atoms with E-state index in [0.717, 1.165) is 31.4 Å². The fourth-order valence-electron chi connectivity index (χ4n) is 4.76. The number of rotatable bonds is 1. The molecular formula is C23H34N2O2. The van der Waals surface area contributed by atoms with Crippen LogP contribution in [0.2, 0.25) is 0 Å². The van der Waals surface area contributed by atoms with Crippen molar-refractivity contribution in [3.8, 4) is 0 Å². The molecule has 1 N–H and O–H groups in total. The van der Waals surface area contributed by atoms with E-state index in [1.807, 2.05) is 64.6 Å². The summed E-state index contributed by atoms with van der Waals surface area (Å²) in [5, 5.41) is 3.17. The molecule has 4 heteroatoms. The van der Waals surface area contributed by atoms with Crippen LogP contribution >= 0.6 is 0 Å². The quantitative estimate of drug-likeness (QED) is 0.787. The van der Waals surface area contributed by atoms with Gasteiger partial charge in [-0.1, -0.05) is 58.2 Å². The molecule has 1 fully saturated rings. The SMILES string of the molecule is CC(C)(C)NC(=O)C1N(C(=O)C(C)(C)C)c2ccccc2C12CCCCC2. The third kappa shape index (κ3) is 3.51. The molecule has 2 aliphatic rings. The van der Waals surface area contributed by atoms with Crippen molar-refractivity contribution >= 4 is 17.5 Å². The van der Waals surface area contributed by atoms with E-state index in [1.165, 1.54) is 12.0 Å². The molecule has 2 amide bonds. The van der Waals surface area contributed by atoms with Gasteiger partial charge in [-0.3, -0.25) is 14.5 Å². The fourth-order valence-corrected chi connectivity index (χ4v) is 4.76. The molecule has 0 radical (unpaired) electrons. The molecule has 1 spiro atoms. The van der Waals surface area contributed by atoms with E-state index in [0.29, 0.717) is 0 Å². The molecule has 1 saturated carbocycles. The van der Waals surface area contributed by atoms with Gasteiger partial charge in [-0.25, -0.2) is 0 Å². The van der Waals surface area contributed by atoms with E-state index >= 15 is 0 Å². The van der Waals surface area contributed by atoms with E-state index in [9.17, 15) is 9.59 Å². The van der Waals surface area contributed by atoms with Gasteiger partial charge < -0.3 is 5.32 Å². The first-order valence-corrected chi connectivity index (χ1v) is 10.2. The van der Waals surface area contributed by atoms with E-state index in [4.69, 9.17) is 0 Å². The normalized spacial score (nSPS) is 21.9. The van der Waals surface area contributed by atoms with Crippen LogP contribution in [-0.2, 0) is 15.0 Å². The minimum Gasteiger partial charge on any atom is -0.350 e. The minimum absolute atomic E-state index is 0.0199. The summed E-state index contributed by atoms with van der Waals surface area (Å²) in [5.41, 5.74) is 0.946. The summed E-state index contributed by atoms with van der Waals surface area (Å²) in [7, 11) is 0. The molecular weight excluding hydrogens is 336 g/mol. The second kappa shape index (κ2) is 6.65. The van der Waals surface area contributed by atoms with Crippen LogP contribution in [0.1, 0.15) is 79.2 Å². The Hall–Kier alpha value is -1.84. The molecule has 1 aliphatic heterocycles. The number of benzene rings is 1. The number of nitrogens with zero attached hydrogens (tertiary/aromatic N) is 1. The number of hydrogen-bond donors (Lipinski definition) is 1. The molecule has 1 heterocycles. The number of hydrogen-bond acceptors (Lipinski definition) is 2. The summed E-state index contributed by atoms with van der Waals surface area (Å²) in [6.07, 6.45) is 5.32. The smallest absolute Gasteiger partial charge is 0.244 e. The highest BCUT2D eigenvalue weighted by Gasteiger charge is 2.57. The zero-order valence-electron chi connectivity index (χ0n) is 17.7. The van der Waals surface area contributed by atoms with Crippen LogP contribution in [0.5, 0.6) is 0 Å². The van der Waals surface area contributed by atoms with Crippen LogP contribution in [0.3, 0.4) is 0 Å². The van der Waals surface area contributed by atoms with Gasteiger partial charge in [0.05, 0.1) is 0 Å². The molecule has 1 unspecified atom stereocenters. The summed E-state index contributed by atoms with van der Waals surface area (Å²) >= 11 is 0. The largest absolute Gasteiger partial charge is 0.350 e. The molecule has 4 nitrogen and oxygen atoms in total. The first kappa shape index (κ1) is 19.9. The van der Waals surface area contributed by atoms with E-state index in [1.54, 1.807) is 0 Å². The summed E-state index contributed by atoms with van der Waals surface area (Å²) in [6, 6.07) is 7.69. The Bertz CT molecular complexity index is 733. The monoisotopic (exact) mass is 370 g/mol. The highest BCUT2D eigenvalue weighted by molar-refractivity contribution is 6.07.